The van der Waals surface area contributed by atoms with E-state index in [9.17, 15) is 9.59 Å². The van der Waals surface area contributed by atoms with Gasteiger partial charge in [0.15, 0.2) is 0 Å². The molecule has 0 heterocycles. The van der Waals surface area contributed by atoms with Crippen molar-refractivity contribution in [3.05, 3.63) is 29.5 Å². The molecule has 0 saturated heterocycles. The van der Waals surface area contributed by atoms with Crippen molar-refractivity contribution in [3.63, 3.8) is 0 Å². The Morgan fingerprint density at radius 3 is 2.23 bits per heavy atom. The second-order valence-corrected chi connectivity index (χ2v) is 2.52. The highest BCUT2D eigenvalue weighted by molar-refractivity contribution is 6.00. The molecule has 0 aromatic carbocycles. The van der Waals surface area contributed by atoms with Crippen LogP contribution in [0, 0.1) is 0 Å². The number of esters is 2. The summed E-state index contributed by atoms with van der Waals surface area (Å²) in [5.41, 5.74) is 3.08. The second-order valence-electron chi connectivity index (χ2n) is 2.52. The van der Waals surface area contributed by atoms with Gasteiger partial charge in [0, 0.05) is 5.57 Å². The SMILES string of the molecule is C=C(C)C(=O)OC(=O)C(C)=C=CC. The summed E-state index contributed by atoms with van der Waals surface area (Å²) in [6.07, 6.45) is 1.57. The van der Waals surface area contributed by atoms with Crippen LogP contribution < -0.4 is 0 Å². The maximum absolute atomic E-state index is 11.0. The lowest BCUT2D eigenvalue weighted by molar-refractivity contribution is -0.153. The zero-order valence-electron chi connectivity index (χ0n) is 8.01. The van der Waals surface area contributed by atoms with Crippen molar-refractivity contribution in [1.29, 1.82) is 0 Å². The van der Waals surface area contributed by atoms with Crippen LogP contribution in [0.25, 0.3) is 0 Å². The third kappa shape index (κ3) is 4.09. The lowest BCUT2D eigenvalue weighted by atomic mass is 10.3. The molecule has 0 N–H and O–H groups in total. The van der Waals surface area contributed by atoms with Crippen molar-refractivity contribution in [2.24, 2.45) is 0 Å². The fourth-order valence-corrected chi connectivity index (χ4v) is 0.523. The van der Waals surface area contributed by atoms with Crippen LogP contribution >= 0.6 is 0 Å². The molecule has 0 rings (SSSR count). The summed E-state index contributed by atoms with van der Waals surface area (Å²) in [6.45, 7) is 8.07. The van der Waals surface area contributed by atoms with Crippen LogP contribution in [0.4, 0.5) is 0 Å². The minimum atomic E-state index is -0.706. The van der Waals surface area contributed by atoms with Gasteiger partial charge in [0.25, 0.3) is 0 Å². The van der Waals surface area contributed by atoms with Crippen molar-refractivity contribution in [2.45, 2.75) is 20.8 Å². The number of carbonyl (C=O) groups excluding carboxylic acids is 2. The molecule has 70 valence electrons. The highest BCUT2D eigenvalue weighted by Crippen LogP contribution is 1.98. The summed E-state index contributed by atoms with van der Waals surface area (Å²) >= 11 is 0. The first-order chi connectivity index (χ1) is 5.99. The molecule has 0 saturated carbocycles. The van der Waals surface area contributed by atoms with Gasteiger partial charge in [-0.25, -0.2) is 9.59 Å². The van der Waals surface area contributed by atoms with E-state index in [-0.39, 0.29) is 11.1 Å². The second kappa shape index (κ2) is 5.12. The molecule has 0 unspecified atom stereocenters. The largest absolute Gasteiger partial charge is 0.386 e. The van der Waals surface area contributed by atoms with Crippen LogP contribution in [0.3, 0.4) is 0 Å². The van der Waals surface area contributed by atoms with Crippen LogP contribution in [0.1, 0.15) is 20.8 Å². The Kier molecular flexibility index (Phi) is 4.49. The smallest absolute Gasteiger partial charge is 0.349 e. The van der Waals surface area contributed by atoms with Crippen LogP contribution in [0.2, 0.25) is 0 Å². The summed E-state index contributed by atoms with van der Waals surface area (Å²) in [5.74, 6) is -1.40. The Labute approximate surface area is 77.4 Å². The molecule has 0 amide bonds. The van der Waals surface area contributed by atoms with Crippen LogP contribution in [0.5, 0.6) is 0 Å². The quantitative estimate of drug-likeness (QED) is 0.281. The van der Waals surface area contributed by atoms with Gasteiger partial charge in [-0.2, -0.15) is 0 Å². The Balaban J connectivity index is 4.42. The van der Waals surface area contributed by atoms with Crippen molar-refractivity contribution >= 4 is 11.9 Å². The number of hydrogen-bond acceptors (Lipinski definition) is 3. The maximum atomic E-state index is 11.0. The van der Waals surface area contributed by atoms with Crippen molar-refractivity contribution in [3.8, 4) is 0 Å². The first kappa shape index (κ1) is 11.4. The first-order valence-electron chi connectivity index (χ1n) is 3.79. The highest BCUT2D eigenvalue weighted by atomic mass is 16.6. The van der Waals surface area contributed by atoms with Gasteiger partial charge >= 0.3 is 11.9 Å². The molecular formula is C10H12O3. The zero-order chi connectivity index (χ0) is 10.4. The third-order valence-electron chi connectivity index (χ3n) is 1.20. The molecule has 0 fully saturated rings. The van der Waals surface area contributed by atoms with Gasteiger partial charge in [0.2, 0.25) is 0 Å². The summed E-state index contributed by atoms with van der Waals surface area (Å²) < 4.78 is 4.43. The van der Waals surface area contributed by atoms with E-state index in [0.29, 0.717) is 0 Å². The fourth-order valence-electron chi connectivity index (χ4n) is 0.523. The highest BCUT2D eigenvalue weighted by Gasteiger charge is 2.11. The van der Waals surface area contributed by atoms with Gasteiger partial charge in [0.1, 0.15) is 0 Å². The summed E-state index contributed by atoms with van der Waals surface area (Å²) in [4.78, 5) is 21.9. The third-order valence-corrected chi connectivity index (χ3v) is 1.20. The molecule has 0 spiro atoms. The van der Waals surface area contributed by atoms with Gasteiger partial charge in [0.05, 0.1) is 5.57 Å². The van der Waals surface area contributed by atoms with E-state index in [1.54, 1.807) is 13.0 Å². The molecular weight excluding hydrogens is 168 g/mol. The summed E-state index contributed by atoms with van der Waals surface area (Å²) in [5, 5.41) is 0. The molecule has 3 nitrogen and oxygen atoms in total. The molecule has 0 radical (unpaired) electrons. The van der Waals surface area contributed by atoms with Gasteiger partial charge in [-0.3, -0.25) is 0 Å². The maximum Gasteiger partial charge on any atom is 0.349 e. The molecule has 13 heavy (non-hydrogen) atoms. The first-order valence-corrected chi connectivity index (χ1v) is 3.79. The Morgan fingerprint density at radius 2 is 1.85 bits per heavy atom. The van der Waals surface area contributed by atoms with Crippen LogP contribution in [-0.4, -0.2) is 11.9 Å². The van der Waals surface area contributed by atoms with E-state index in [0.717, 1.165) is 0 Å². The number of hydrogen-bond donors (Lipinski definition) is 0. The van der Waals surface area contributed by atoms with E-state index < -0.39 is 11.9 Å². The topological polar surface area (TPSA) is 43.4 Å². The minimum absolute atomic E-state index is 0.196. The van der Waals surface area contributed by atoms with Crippen LogP contribution in [-0.2, 0) is 14.3 Å². The molecule has 0 atom stereocenters. The van der Waals surface area contributed by atoms with E-state index in [1.165, 1.54) is 13.8 Å². The average Bonchev–Trinajstić information content (AvgIpc) is 2.04. The Morgan fingerprint density at radius 1 is 1.31 bits per heavy atom. The molecule has 3 heteroatoms. The van der Waals surface area contributed by atoms with Gasteiger partial charge < -0.3 is 4.74 Å². The van der Waals surface area contributed by atoms with Gasteiger partial charge in [-0.05, 0) is 26.8 Å². The van der Waals surface area contributed by atoms with Crippen LogP contribution in [0.15, 0.2) is 29.5 Å². The van der Waals surface area contributed by atoms with E-state index in [2.05, 4.69) is 17.0 Å². The number of carbonyl (C=O) groups is 2. The molecule has 0 aliphatic rings. The predicted molar refractivity (Wildman–Crippen MR) is 48.9 cm³/mol. The summed E-state index contributed by atoms with van der Waals surface area (Å²) in [7, 11) is 0. The van der Waals surface area contributed by atoms with Gasteiger partial charge in [-0.1, -0.05) is 6.58 Å². The molecule has 0 aliphatic heterocycles. The van der Waals surface area contributed by atoms with Gasteiger partial charge in [-0.15, -0.1) is 5.73 Å². The van der Waals surface area contributed by atoms with E-state index >= 15 is 0 Å². The average molecular weight is 180 g/mol. The van der Waals surface area contributed by atoms with Crippen molar-refractivity contribution in [2.75, 3.05) is 0 Å². The Bertz CT molecular complexity index is 304. The molecule has 0 bridgehead atoms. The fraction of sp³-hybridized carbons (Fsp3) is 0.300. The predicted octanol–water partition coefficient (Wildman–Crippen LogP) is 1.75. The normalized spacial score (nSPS) is 8.23. The molecule has 0 aromatic heterocycles. The van der Waals surface area contributed by atoms with Crippen molar-refractivity contribution < 1.29 is 14.3 Å². The molecule has 0 aliphatic carbocycles. The Hall–Kier alpha value is -1.60. The summed E-state index contributed by atoms with van der Waals surface area (Å²) in [6, 6.07) is 0. The van der Waals surface area contributed by atoms with E-state index in [1.807, 2.05) is 0 Å². The lowest BCUT2D eigenvalue weighted by Gasteiger charge is -1.99. The number of ether oxygens (including phenoxy) is 1. The van der Waals surface area contributed by atoms with E-state index in [4.69, 9.17) is 0 Å². The minimum Gasteiger partial charge on any atom is -0.386 e. The van der Waals surface area contributed by atoms with Crippen molar-refractivity contribution in [1.82, 2.24) is 0 Å². The molecule has 0 aromatic rings. The lowest BCUT2D eigenvalue weighted by Crippen LogP contribution is -2.12. The monoisotopic (exact) mass is 180 g/mol. The standard InChI is InChI=1S/C10H12O3/c1-5-6-8(4)10(12)13-9(11)7(2)3/h5H,2H2,1,3-4H3. The number of rotatable bonds is 2. The zero-order valence-corrected chi connectivity index (χ0v) is 8.01.